The Labute approximate surface area is 71.5 Å². The highest BCUT2D eigenvalue weighted by Gasteiger charge is 2.47. The van der Waals surface area contributed by atoms with E-state index >= 15 is 0 Å². The molecule has 0 aromatic heterocycles. The number of hydrogen-bond acceptors (Lipinski definition) is 4. The van der Waals surface area contributed by atoms with Gasteiger partial charge in [-0.2, -0.15) is 0 Å². The Morgan fingerprint density at radius 2 is 2.42 bits per heavy atom. The van der Waals surface area contributed by atoms with Crippen LogP contribution in [0.1, 0.15) is 0 Å². The molecule has 0 aromatic carbocycles. The average molecular weight is 173 g/mol. The lowest BCUT2D eigenvalue weighted by Gasteiger charge is -2.48. The van der Waals surface area contributed by atoms with Crippen LogP contribution in [0.15, 0.2) is 0 Å². The Kier molecular flexibility index (Phi) is 2.08. The topological polar surface area (TPSA) is 61.7 Å². The first-order valence-electron chi connectivity index (χ1n) is 4.36. The first kappa shape index (κ1) is 8.44. The molecule has 3 unspecified atom stereocenters. The number of nitrogens with one attached hydrogen (secondary N) is 1. The lowest BCUT2D eigenvalue weighted by molar-refractivity contribution is -0.166. The van der Waals surface area contributed by atoms with Gasteiger partial charge in [-0.15, -0.1) is 0 Å². The first-order valence-corrected chi connectivity index (χ1v) is 4.36. The van der Waals surface area contributed by atoms with Gasteiger partial charge in [0.25, 0.3) is 0 Å². The molecule has 2 heterocycles. The standard InChI is InChI=1S/C8H15NO3/c10-4-8-3-9-1-6(7(8)11)2-12-5-8/h6-7,9-11H,1-5H2. The van der Waals surface area contributed by atoms with Crippen LogP contribution < -0.4 is 5.32 Å². The van der Waals surface area contributed by atoms with Gasteiger partial charge in [-0.3, -0.25) is 0 Å². The second kappa shape index (κ2) is 2.96. The number of ether oxygens (including phenoxy) is 1. The molecule has 4 heteroatoms. The van der Waals surface area contributed by atoms with Crippen molar-refractivity contribution in [3.8, 4) is 0 Å². The van der Waals surface area contributed by atoms with Gasteiger partial charge in [0.05, 0.1) is 31.3 Å². The molecule has 2 aliphatic heterocycles. The molecule has 0 amide bonds. The zero-order valence-electron chi connectivity index (χ0n) is 6.99. The average Bonchev–Trinajstić information content (AvgIpc) is 2.05. The van der Waals surface area contributed by atoms with E-state index < -0.39 is 11.5 Å². The van der Waals surface area contributed by atoms with Gasteiger partial charge in [-0.05, 0) is 0 Å². The van der Waals surface area contributed by atoms with E-state index in [9.17, 15) is 10.2 Å². The maximum absolute atomic E-state index is 9.86. The molecule has 2 aliphatic rings. The number of aliphatic hydroxyl groups excluding tert-OH is 2. The van der Waals surface area contributed by atoms with Crippen LogP contribution in [0.4, 0.5) is 0 Å². The van der Waals surface area contributed by atoms with Gasteiger partial charge in [0.2, 0.25) is 0 Å². The van der Waals surface area contributed by atoms with Crippen molar-refractivity contribution < 1.29 is 14.9 Å². The van der Waals surface area contributed by atoms with Crippen LogP contribution in [-0.2, 0) is 4.74 Å². The number of hydrogen-bond donors (Lipinski definition) is 3. The Hall–Kier alpha value is -0.160. The summed E-state index contributed by atoms with van der Waals surface area (Å²) in [6.45, 7) is 2.52. The minimum absolute atomic E-state index is 0.00231. The quantitative estimate of drug-likeness (QED) is 0.455. The minimum atomic E-state index is -0.443. The molecule has 4 nitrogen and oxygen atoms in total. The summed E-state index contributed by atoms with van der Waals surface area (Å²) >= 11 is 0. The van der Waals surface area contributed by atoms with Crippen LogP contribution in [0.25, 0.3) is 0 Å². The maximum Gasteiger partial charge on any atom is 0.0715 e. The van der Waals surface area contributed by atoms with E-state index in [1.165, 1.54) is 0 Å². The zero-order valence-corrected chi connectivity index (χ0v) is 6.99. The third kappa shape index (κ3) is 1.07. The van der Waals surface area contributed by atoms with E-state index in [-0.39, 0.29) is 12.5 Å². The van der Waals surface area contributed by atoms with Crippen LogP contribution in [0.5, 0.6) is 0 Å². The van der Waals surface area contributed by atoms with Crippen molar-refractivity contribution in [3.63, 3.8) is 0 Å². The first-order chi connectivity index (χ1) is 5.78. The molecular formula is C8H15NO3. The van der Waals surface area contributed by atoms with Gasteiger partial charge in [-0.1, -0.05) is 0 Å². The zero-order chi connectivity index (χ0) is 8.60. The van der Waals surface area contributed by atoms with Gasteiger partial charge in [0.1, 0.15) is 0 Å². The normalized spacial score (nSPS) is 47.5. The fourth-order valence-electron chi connectivity index (χ4n) is 2.12. The summed E-state index contributed by atoms with van der Waals surface area (Å²) in [5.74, 6) is 0.152. The van der Waals surface area contributed by atoms with Gasteiger partial charge >= 0.3 is 0 Å². The molecule has 2 bridgehead atoms. The molecule has 70 valence electrons. The molecule has 0 radical (unpaired) electrons. The Balaban J connectivity index is 2.18. The molecule has 0 saturated carbocycles. The number of aliphatic hydroxyl groups is 2. The minimum Gasteiger partial charge on any atom is -0.396 e. The van der Waals surface area contributed by atoms with E-state index in [0.29, 0.717) is 19.8 Å². The number of piperidine rings is 1. The Bertz CT molecular complexity index is 164. The molecule has 2 fully saturated rings. The van der Waals surface area contributed by atoms with Gasteiger partial charge in [0.15, 0.2) is 0 Å². The molecule has 0 aliphatic carbocycles. The molecule has 2 rings (SSSR count). The molecular weight excluding hydrogens is 158 g/mol. The van der Waals surface area contributed by atoms with Gasteiger partial charge in [0, 0.05) is 19.0 Å². The third-order valence-electron chi connectivity index (χ3n) is 2.99. The predicted octanol–water partition coefficient (Wildman–Crippen LogP) is -1.42. The number of rotatable bonds is 1. The molecule has 0 aromatic rings. The number of fused-ring (bicyclic) bond motifs is 2. The summed E-state index contributed by atoms with van der Waals surface area (Å²) in [4.78, 5) is 0. The SMILES string of the molecule is OCC12CNCC(COC1)C2O. The van der Waals surface area contributed by atoms with Crippen molar-refractivity contribution in [2.75, 3.05) is 32.9 Å². The fraction of sp³-hybridized carbons (Fsp3) is 1.00. The van der Waals surface area contributed by atoms with Crippen molar-refractivity contribution in [1.29, 1.82) is 0 Å². The van der Waals surface area contributed by atoms with Crippen molar-refractivity contribution in [1.82, 2.24) is 5.32 Å². The van der Waals surface area contributed by atoms with Crippen LogP contribution in [-0.4, -0.2) is 49.2 Å². The second-order valence-corrected chi connectivity index (χ2v) is 3.87. The Morgan fingerprint density at radius 3 is 3.08 bits per heavy atom. The summed E-state index contributed by atoms with van der Waals surface area (Å²) in [6, 6.07) is 0. The summed E-state index contributed by atoms with van der Waals surface area (Å²) in [6.07, 6.45) is -0.405. The largest absolute Gasteiger partial charge is 0.396 e. The van der Waals surface area contributed by atoms with Gasteiger partial charge < -0.3 is 20.3 Å². The van der Waals surface area contributed by atoms with Crippen molar-refractivity contribution >= 4 is 0 Å². The third-order valence-corrected chi connectivity index (χ3v) is 2.99. The summed E-state index contributed by atoms with van der Waals surface area (Å²) in [5.41, 5.74) is -0.443. The molecule has 0 spiro atoms. The highest BCUT2D eigenvalue weighted by atomic mass is 16.5. The van der Waals surface area contributed by atoms with E-state index in [1.807, 2.05) is 0 Å². The predicted molar refractivity (Wildman–Crippen MR) is 42.7 cm³/mol. The molecule has 3 atom stereocenters. The summed E-state index contributed by atoms with van der Waals surface area (Å²) in [7, 11) is 0. The summed E-state index contributed by atoms with van der Waals surface area (Å²) < 4.78 is 5.34. The van der Waals surface area contributed by atoms with Crippen molar-refractivity contribution in [2.24, 2.45) is 11.3 Å². The van der Waals surface area contributed by atoms with E-state index in [1.54, 1.807) is 0 Å². The smallest absolute Gasteiger partial charge is 0.0715 e. The summed E-state index contributed by atoms with van der Waals surface area (Å²) in [5, 5.41) is 22.3. The van der Waals surface area contributed by atoms with Gasteiger partial charge in [-0.25, -0.2) is 0 Å². The van der Waals surface area contributed by atoms with Crippen molar-refractivity contribution in [3.05, 3.63) is 0 Å². The van der Waals surface area contributed by atoms with E-state index in [0.717, 1.165) is 6.54 Å². The van der Waals surface area contributed by atoms with Crippen LogP contribution in [0.3, 0.4) is 0 Å². The lowest BCUT2D eigenvalue weighted by Crippen LogP contribution is -2.63. The highest BCUT2D eigenvalue weighted by molar-refractivity contribution is 4.98. The van der Waals surface area contributed by atoms with E-state index in [4.69, 9.17) is 4.74 Å². The fourth-order valence-corrected chi connectivity index (χ4v) is 2.12. The van der Waals surface area contributed by atoms with E-state index in [2.05, 4.69) is 5.32 Å². The monoisotopic (exact) mass is 173 g/mol. The Morgan fingerprint density at radius 1 is 1.58 bits per heavy atom. The molecule has 3 N–H and O–H groups in total. The van der Waals surface area contributed by atoms with Crippen LogP contribution in [0.2, 0.25) is 0 Å². The van der Waals surface area contributed by atoms with Crippen molar-refractivity contribution in [2.45, 2.75) is 6.10 Å². The molecule has 2 saturated heterocycles. The maximum atomic E-state index is 9.86. The molecule has 12 heavy (non-hydrogen) atoms. The van der Waals surface area contributed by atoms with Crippen LogP contribution >= 0.6 is 0 Å². The highest BCUT2D eigenvalue weighted by Crippen LogP contribution is 2.33. The van der Waals surface area contributed by atoms with Crippen LogP contribution in [0, 0.1) is 11.3 Å². The second-order valence-electron chi connectivity index (χ2n) is 3.87. The lowest BCUT2D eigenvalue weighted by atomic mass is 9.73.